The highest BCUT2D eigenvalue weighted by Crippen LogP contribution is 2.34. The number of fused-ring (bicyclic) bond motifs is 1. The fourth-order valence-electron chi connectivity index (χ4n) is 1.31. The van der Waals surface area contributed by atoms with Crippen molar-refractivity contribution in [1.29, 1.82) is 0 Å². The first-order valence-electron chi connectivity index (χ1n) is 3.76. The Morgan fingerprint density at radius 3 is 3.00 bits per heavy atom. The lowest BCUT2D eigenvalue weighted by Gasteiger charge is -2.04. The van der Waals surface area contributed by atoms with Gasteiger partial charge in [-0.25, -0.2) is 4.79 Å². The van der Waals surface area contributed by atoms with E-state index in [4.69, 9.17) is 9.47 Å². The Balaban J connectivity index is 2.63. The highest BCUT2D eigenvalue weighted by Gasteiger charge is 2.25. The number of cyclic esters (lactones) is 1. The second-order valence-corrected chi connectivity index (χ2v) is 3.49. The lowest BCUT2D eigenvalue weighted by Crippen LogP contribution is -1.96. The van der Waals surface area contributed by atoms with Crippen molar-refractivity contribution in [2.75, 3.05) is 7.11 Å². The fraction of sp³-hybridized carbons (Fsp3) is 0.222. The van der Waals surface area contributed by atoms with Crippen LogP contribution in [-0.4, -0.2) is 13.1 Å². The number of esters is 1. The molecular weight excluding hydrogens is 236 g/mol. The monoisotopic (exact) mass is 242 g/mol. The Labute approximate surface area is 83.8 Å². The van der Waals surface area contributed by atoms with E-state index >= 15 is 0 Å². The first-order chi connectivity index (χ1) is 6.24. The lowest BCUT2D eigenvalue weighted by atomic mass is 10.1. The van der Waals surface area contributed by atoms with Crippen molar-refractivity contribution < 1.29 is 14.3 Å². The standard InChI is InChI=1S/C9H7BrO3/c1-12-6-3-2-5-4-13-9(11)7(5)8(6)10/h2-3H,4H2,1H3. The maximum atomic E-state index is 11.2. The van der Waals surface area contributed by atoms with Crippen LogP contribution in [0.5, 0.6) is 5.75 Å². The molecular formula is C9H7BrO3. The molecule has 0 atom stereocenters. The fourth-order valence-corrected chi connectivity index (χ4v) is 2.02. The number of halogens is 1. The lowest BCUT2D eigenvalue weighted by molar-refractivity contribution is 0.0534. The minimum absolute atomic E-state index is 0.291. The van der Waals surface area contributed by atoms with E-state index in [1.165, 1.54) is 0 Å². The molecule has 0 bridgehead atoms. The molecule has 1 aromatic carbocycles. The van der Waals surface area contributed by atoms with E-state index in [2.05, 4.69) is 15.9 Å². The zero-order valence-corrected chi connectivity index (χ0v) is 8.55. The molecule has 0 unspecified atom stereocenters. The van der Waals surface area contributed by atoms with Crippen LogP contribution in [0.3, 0.4) is 0 Å². The van der Waals surface area contributed by atoms with Gasteiger partial charge in [-0.2, -0.15) is 0 Å². The van der Waals surface area contributed by atoms with Crippen molar-refractivity contribution in [2.45, 2.75) is 6.61 Å². The highest BCUT2D eigenvalue weighted by molar-refractivity contribution is 9.10. The molecule has 0 fully saturated rings. The molecule has 4 heteroatoms. The van der Waals surface area contributed by atoms with E-state index in [1.54, 1.807) is 7.11 Å². The quantitative estimate of drug-likeness (QED) is 0.708. The Bertz CT molecular complexity index is 373. The predicted octanol–water partition coefficient (Wildman–Crippen LogP) is 2.13. The first-order valence-corrected chi connectivity index (χ1v) is 4.56. The number of methoxy groups -OCH3 is 1. The number of carbonyl (C=O) groups is 1. The highest BCUT2D eigenvalue weighted by atomic mass is 79.9. The Morgan fingerprint density at radius 1 is 1.54 bits per heavy atom. The third kappa shape index (κ3) is 1.21. The average molecular weight is 243 g/mol. The van der Waals surface area contributed by atoms with Crippen molar-refractivity contribution in [2.24, 2.45) is 0 Å². The molecule has 68 valence electrons. The van der Waals surface area contributed by atoms with Crippen LogP contribution >= 0.6 is 15.9 Å². The van der Waals surface area contributed by atoms with Gasteiger partial charge in [-0.1, -0.05) is 6.07 Å². The molecule has 0 aromatic heterocycles. The molecule has 3 nitrogen and oxygen atoms in total. The second-order valence-electron chi connectivity index (χ2n) is 2.69. The number of benzene rings is 1. The molecule has 0 radical (unpaired) electrons. The van der Waals surface area contributed by atoms with E-state index in [-0.39, 0.29) is 5.97 Å². The van der Waals surface area contributed by atoms with Gasteiger partial charge in [0.05, 0.1) is 17.1 Å². The van der Waals surface area contributed by atoms with E-state index in [0.29, 0.717) is 22.4 Å². The van der Waals surface area contributed by atoms with Crippen molar-refractivity contribution in [3.63, 3.8) is 0 Å². The maximum Gasteiger partial charge on any atom is 0.340 e. The normalized spacial score (nSPS) is 13.8. The third-order valence-electron chi connectivity index (χ3n) is 1.98. The van der Waals surface area contributed by atoms with Gasteiger partial charge in [0.1, 0.15) is 12.4 Å². The molecule has 2 rings (SSSR count). The molecule has 0 aliphatic carbocycles. The number of carbonyl (C=O) groups excluding carboxylic acids is 1. The Morgan fingerprint density at radius 2 is 2.31 bits per heavy atom. The number of rotatable bonds is 1. The molecule has 13 heavy (non-hydrogen) atoms. The minimum atomic E-state index is -0.291. The van der Waals surface area contributed by atoms with Crippen molar-refractivity contribution >= 4 is 21.9 Å². The summed E-state index contributed by atoms with van der Waals surface area (Å²) in [6, 6.07) is 3.65. The summed E-state index contributed by atoms with van der Waals surface area (Å²) in [5.74, 6) is 0.360. The first kappa shape index (κ1) is 8.56. The topological polar surface area (TPSA) is 35.5 Å². The molecule has 1 aromatic rings. The van der Waals surface area contributed by atoms with Gasteiger partial charge in [0.25, 0.3) is 0 Å². The van der Waals surface area contributed by atoms with Crippen LogP contribution in [0.1, 0.15) is 15.9 Å². The molecule has 1 heterocycles. The summed E-state index contributed by atoms with van der Waals surface area (Å²) in [5.41, 5.74) is 1.48. The summed E-state index contributed by atoms with van der Waals surface area (Å²) >= 11 is 3.31. The van der Waals surface area contributed by atoms with Crippen LogP contribution in [-0.2, 0) is 11.3 Å². The zero-order chi connectivity index (χ0) is 9.42. The van der Waals surface area contributed by atoms with Gasteiger partial charge in [0.2, 0.25) is 0 Å². The summed E-state index contributed by atoms with van der Waals surface area (Å²) in [7, 11) is 1.56. The second kappa shape index (κ2) is 3.03. The van der Waals surface area contributed by atoms with Crippen LogP contribution in [0.2, 0.25) is 0 Å². The zero-order valence-electron chi connectivity index (χ0n) is 6.96. The van der Waals surface area contributed by atoms with E-state index in [9.17, 15) is 4.79 Å². The predicted molar refractivity (Wildman–Crippen MR) is 49.8 cm³/mol. The molecule has 0 saturated carbocycles. The van der Waals surface area contributed by atoms with E-state index in [0.717, 1.165) is 5.56 Å². The van der Waals surface area contributed by atoms with Crippen LogP contribution in [0.25, 0.3) is 0 Å². The van der Waals surface area contributed by atoms with E-state index in [1.807, 2.05) is 12.1 Å². The van der Waals surface area contributed by atoms with Gasteiger partial charge in [-0.15, -0.1) is 0 Å². The largest absolute Gasteiger partial charge is 0.496 e. The summed E-state index contributed by atoms with van der Waals surface area (Å²) in [4.78, 5) is 11.2. The smallest absolute Gasteiger partial charge is 0.340 e. The molecule has 0 saturated heterocycles. The SMILES string of the molecule is COc1ccc2c(c1Br)C(=O)OC2. The summed E-state index contributed by atoms with van der Waals surface area (Å²) < 4.78 is 10.6. The van der Waals surface area contributed by atoms with Crippen molar-refractivity contribution in [3.8, 4) is 5.75 Å². The molecule has 1 aliphatic heterocycles. The van der Waals surface area contributed by atoms with Crippen LogP contribution in [0, 0.1) is 0 Å². The summed E-state index contributed by atoms with van der Waals surface area (Å²) in [6.45, 7) is 0.358. The third-order valence-corrected chi connectivity index (χ3v) is 2.76. The Hall–Kier alpha value is -1.03. The number of hydrogen-bond donors (Lipinski definition) is 0. The average Bonchev–Trinajstić information content (AvgIpc) is 2.49. The van der Waals surface area contributed by atoms with Crippen LogP contribution < -0.4 is 4.74 Å². The van der Waals surface area contributed by atoms with Gasteiger partial charge >= 0.3 is 5.97 Å². The van der Waals surface area contributed by atoms with Gasteiger partial charge in [-0.05, 0) is 22.0 Å². The summed E-state index contributed by atoms with van der Waals surface area (Å²) in [6.07, 6.45) is 0. The van der Waals surface area contributed by atoms with Gasteiger partial charge < -0.3 is 9.47 Å². The molecule has 1 aliphatic rings. The molecule has 0 spiro atoms. The van der Waals surface area contributed by atoms with Gasteiger partial charge in [0.15, 0.2) is 0 Å². The van der Waals surface area contributed by atoms with E-state index < -0.39 is 0 Å². The number of ether oxygens (including phenoxy) is 2. The maximum absolute atomic E-state index is 11.2. The van der Waals surface area contributed by atoms with Gasteiger partial charge in [0, 0.05) is 5.56 Å². The molecule has 0 N–H and O–H groups in total. The Kier molecular flexibility index (Phi) is 2.00. The van der Waals surface area contributed by atoms with Crippen LogP contribution in [0.15, 0.2) is 16.6 Å². The summed E-state index contributed by atoms with van der Waals surface area (Å²) in [5, 5.41) is 0. The number of hydrogen-bond acceptors (Lipinski definition) is 3. The van der Waals surface area contributed by atoms with Crippen LogP contribution in [0.4, 0.5) is 0 Å². The molecule has 0 amide bonds. The van der Waals surface area contributed by atoms with Gasteiger partial charge in [-0.3, -0.25) is 0 Å². The van der Waals surface area contributed by atoms with Crippen molar-refractivity contribution in [3.05, 3.63) is 27.7 Å². The minimum Gasteiger partial charge on any atom is -0.496 e. The van der Waals surface area contributed by atoms with Crippen molar-refractivity contribution in [1.82, 2.24) is 0 Å².